The molecule has 0 aliphatic rings. The molecule has 0 aromatic heterocycles. The Labute approximate surface area is 60.4 Å². The molecule has 0 aliphatic carbocycles. The van der Waals surface area contributed by atoms with Crippen molar-refractivity contribution in [1.82, 2.24) is 5.01 Å². The molecule has 5 nitrogen and oxygen atoms in total. The minimum Gasteiger partial charge on any atom is -0.569 e. The summed E-state index contributed by atoms with van der Waals surface area (Å²) in [5.74, 6) is 0. The van der Waals surface area contributed by atoms with Crippen molar-refractivity contribution in [3.05, 3.63) is 5.21 Å². The minimum atomic E-state index is 0.122. The van der Waals surface area contributed by atoms with E-state index < -0.39 is 0 Å². The van der Waals surface area contributed by atoms with Gasteiger partial charge in [-0.25, -0.2) is 0 Å². The first-order valence-electron chi connectivity index (χ1n) is 3.03. The molecule has 0 radical (unpaired) electrons. The number of hydrogen-bond acceptors (Lipinski definition) is 3. The fourth-order valence-electron chi connectivity index (χ4n) is 0.325. The van der Waals surface area contributed by atoms with E-state index in [-0.39, 0.29) is 6.04 Å². The normalized spacial score (nSPS) is 11.9. The summed E-state index contributed by atoms with van der Waals surface area (Å²) in [5, 5.41) is 15.3. The summed E-state index contributed by atoms with van der Waals surface area (Å²) in [4.78, 5) is 4.68. The van der Waals surface area contributed by atoms with Gasteiger partial charge in [0.15, 0.2) is 0 Å². The average Bonchev–Trinajstić information content (AvgIpc) is 1.87. The molecule has 0 fully saturated rings. The average molecular weight is 147 g/mol. The third-order valence-electron chi connectivity index (χ3n) is 1.17. The van der Waals surface area contributed by atoms with Crippen LogP contribution in [0.5, 0.6) is 0 Å². The quantitative estimate of drug-likeness (QED) is 0.336. The Morgan fingerprint density at radius 3 is 2.40 bits per heavy atom. The first kappa shape index (κ1) is 9.00. The van der Waals surface area contributed by atoms with E-state index in [1.807, 2.05) is 13.8 Å². The molecule has 0 N–H and O–H groups in total. The molecule has 0 atom stereocenters. The SMILES string of the molecule is CO/N=[N+](/[O-])N(C)C(C)C. The lowest BCUT2D eigenvalue weighted by Crippen LogP contribution is -2.32. The highest BCUT2D eigenvalue weighted by molar-refractivity contribution is 4.41. The van der Waals surface area contributed by atoms with Crippen LogP contribution < -0.4 is 0 Å². The second kappa shape index (κ2) is 3.92. The molecule has 0 aromatic rings. The zero-order valence-electron chi connectivity index (χ0n) is 6.74. The van der Waals surface area contributed by atoms with Crippen molar-refractivity contribution in [1.29, 1.82) is 0 Å². The smallest absolute Gasteiger partial charge is 0.232 e. The van der Waals surface area contributed by atoms with Gasteiger partial charge in [0.05, 0.1) is 18.1 Å². The molecule has 0 bridgehead atoms. The third-order valence-corrected chi connectivity index (χ3v) is 1.17. The Balaban J connectivity index is 3.93. The number of hydrogen-bond donors (Lipinski definition) is 0. The first-order valence-corrected chi connectivity index (χ1v) is 3.03. The summed E-state index contributed by atoms with van der Waals surface area (Å²) < 4.78 is 0. The summed E-state index contributed by atoms with van der Waals surface area (Å²) in [7, 11) is 2.97. The van der Waals surface area contributed by atoms with Gasteiger partial charge in [-0.3, -0.25) is 0 Å². The van der Waals surface area contributed by atoms with Crippen molar-refractivity contribution >= 4 is 0 Å². The van der Waals surface area contributed by atoms with Crippen molar-refractivity contribution in [2.45, 2.75) is 19.9 Å². The van der Waals surface area contributed by atoms with Gasteiger partial charge < -0.3 is 10.0 Å². The Morgan fingerprint density at radius 2 is 2.10 bits per heavy atom. The van der Waals surface area contributed by atoms with Crippen molar-refractivity contribution in [3.63, 3.8) is 0 Å². The van der Waals surface area contributed by atoms with Gasteiger partial charge in [-0.1, -0.05) is 0 Å². The number of nitrogens with zero attached hydrogens (tertiary/aromatic N) is 3. The van der Waals surface area contributed by atoms with E-state index in [4.69, 9.17) is 0 Å². The summed E-state index contributed by atoms with van der Waals surface area (Å²) in [5.41, 5.74) is 0. The van der Waals surface area contributed by atoms with Crippen LogP contribution in [0.1, 0.15) is 13.8 Å². The van der Waals surface area contributed by atoms with Gasteiger partial charge in [-0.05, 0) is 13.8 Å². The van der Waals surface area contributed by atoms with Gasteiger partial charge in [-0.15, -0.1) is 5.01 Å². The second-order valence-electron chi connectivity index (χ2n) is 2.18. The van der Waals surface area contributed by atoms with Gasteiger partial charge in [0, 0.05) is 0 Å². The van der Waals surface area contributed by atoms with Crippen molar-refractivity contribution < 1.29 is 9.81 Å². The standard InChI is InChI=1S/C5H13N3O2/c1-5(2)7(3)8(9)6-10-4/h5H,1-4H3/b8-6+. The Hall–Kier alpha value is -1.00. The summed E-state index contributed by atoms with van der Waals surface area (Å²) in [6, 6.07) is 0.122. The summed E-state index contributed by atoms with van der Waals surface area (Å²) in [6.45, 7) is 3.77. The maximum atomic E-state index is 10.7. The van der Waals surface area contributed by atoms with E-state index >= 15 is 0 Å². The van der Waals surface area contributed by atoms with Crippen molar-refractivity contribution in [2.24, 2.45) is 5.28 Å². The molecule has 10 heavy (non-hydrogen) atoms. The predicted molar refractivity (Wildman–Crippen MR) is 36.0 cm³/mol. The zero-order valence-corrected chi connectivity index (χ0v) is 6.74. The molecule has 0 spiro atoms. The molecule has 0 amide bonds. The zero-order chi connectivity index (χ0) is 8.15. The van der Waals surface area contributed by atoms with Gasteiger partial charge in [-0.2, -0.15) is 0 Å². The minimum absolute atomic E-state index is 0.122. The Morgan fingerprint density at radius 1 is 1.60 bits per heavy atom. The molecule has 0 heterocycles. The fraction of sp³-hybridized carbons (Fsp3) is 1.00. The molecular formula is C5H13N3O2. The lowest BCUT2D eigenvalue weighted by atomic mass is 10.4. The van der Waals surface area contributed by atoms with E-state index in [1.54, 1.807) is 7.05 Å². The van der Waals surface area contributed by atoms with Crippen LogP contribution in [-0.2, 0) is 4.84 Å². The van der Waals surface area contributed by atoms with Crippen molar-refractivity contribution in [2.75, 3.05) is 14.2 Å². The van der Waals surface area contributed by atoms with Crippen LogP contribution >= 0.6 is 0 Å². The van der Waals surface area contributed by atoms with Gasteiger partial charge in [0.1, 0.15) is 7.11 Å². The topological polar surface area (TPSA) is 50.9 Å². The molecule has 5 heteroatoms. The van der Waals surface area contributed by atoms with E-state index in [1.165, 1.54) is 12.1 Å². The van der Waals surface area contributed by atoms with Gasteiger partial charge >= 0.3 is 0 Å². The highest BCUT2D eigenvalue weighted by Gasteiger charge is 2.09. The monoisotopic (exact) mass is 147 g/mol. The van der Waals surface area contributed by atoms with Crippen molar-refractivity contribution in [3.8, 4) is 0 Å². The van der Waals surface area contributed by atoms with Crippen LogP contribution in [0.4, 0.5) is 0 Å². The Kier molecular flexibility index (Phi) is 3.53. The van der Waals surface area contributed by atoms with E-state index in [2.05, 4.69) is 10.1 Å². The van der Waals surface area contributed by atoms with Crippen LogP contribution in [-0.4, -0.2) is 30.2 Å². The van der Waals surface area contributed by atoms with Crippen LogP contribution in [0.3, 0.4) is 0 Å². The fourth-order valence-corrected chi connectivity index (χ4v) is 0.325. The lowest BCUT2D eigenvalue weighted by molar-refractivity contribution is -0.710. The van der Waals surface area contributed by atoms with E-state index in [0.29, 0.717) is 4.97 Å². The summed E-state index contributed by atoms with van der Waals surface area (Å²) >= 11 is 0. The maximum absolute atomic E-state index is 10.7. The van der Waals surface area contributed by atoms with Crippen LogP contribution in [0, 0.1) is 5.21 Å². The highest BCUT2D eigenvalue weighted by Crippen LogP contribution is 1.93. The summed E-state index contributed by atoms with van der Waals surface area (Å²) in [6.07, 6.45) is 0. The number of hydrazine groups is 1. The molecule has 0 rings (SSSR count). The van der Waals surface area contributed by atoms with Crippen LogP contribution in [0.25, 0.3) is 0 Å². The molecule has 0 saturated carbocycles. The molecular weight excluding hydrogens is 134 g/mol. The van der Waals surface area contributed by atoms with Crippen LogP contribution in [0.2, 0.25) is 0 Å². The maximum Gasteiger partial charge on any atom is 0.232 e. The third kappa shape index (κ3) is 2.52. The molecule has 0 aliphatic heterocycles. The van der Waals surface area contributed by atoms with E-state index in [9.17, 15) is 5.21 Å². The lowest BCUT2D eigenvalue weighted by Gasteiger charge is -2.15. The Bertz CT molecular complexity index is 124. The first-order chi connectivity index (χ1) is 4.59. The van der Waals surface area contributed by atoms with Crippen LogP contribution in [0.15, 0.2) is 5.28 Å². The van der Waals surface area contributed by atoms with Gasteiger partial charge in [0.25, 0.3) is 0 Å². The van der Waals surface area contributed by atoms with Gasteiger partial charge in [0.2, 0.25) is 5.28 Å². The largest absolute Gasteiger partial charge is 0.569 e. The molecule has 0 aromatic carbocycles. The molecule has 0 saturated heterocycles. The predicted octanol–water partition coefficient (Wildman–Crippen LogP) is 0.766. The number of rotatable bonds is 3. The molecule has 0 unspecified atom stereocenters. The highest BCUT2D eigenvalue weighted by atomic mass is 16.7. The molecule has 60 valence electrons. The second-order valence-corrected chi connectivity index (χ2v) is 2.18. The van der Waals surface area contributed by atoms with E-state index in [0.717, 1.165) is 0 Å².